The quantitative estimate of drug-likeness (QED) is 0.676. The van der Waals surface area contributed by atoms with Gasteiger partial charge in [-0.1, -0.05) is 0 Å². The number of rotatable bonds is 4. The van der Waals surface area contributed by atoms with Crippen LogP contribution in [0.5, 0.6) is 0 Å². The molecule has 82 valence electrons. The van der Waals surface area contributed by atoms with Gasteiger partial charge in [0.2, 0.25) is 0 Å². The van der Waals surface area contributed by atoms with E-state index >= 15 is 0 Å². The number of carbonyl (C=O) groups is 1. The van der Waals surface area contributed by atoms with Gasteiger partial charge in [-0.2, -0.15) is 0 Å². The molecule has 1 aliphatic rings. The smallest absolute Gasteiger partial charge is 0.304 e. The van der Waals surface area contributed by atoms with Crippen molar-refractivity contribution in [1.29, 1.82) is 0 Å². The first-order chi connectivity index (χ1) is 6.49. The van der Waals surface area contributed by atoms with Crippen molar-refractivity contribution < 1.29 is 18.3 Å². The zero-order valence-electron chi connectivity index (χ0n) is 7.90. The average Bonchev–Trinajstić information content (AvgIpc) is 2.07. The first kappa shape index (κ1) is 11.5. The van der Waals surface area contributed by atoms with Gasteiger partial charge >= 0.3 is 5.97 Å². The van der Waals surface area contributed by atoms with Crippen LogP contribution in [0, 0.1) is 0 Å². The van der Waals surface area contributed by atoms with Crippen LogP contribution in [0.25, 0.3) is 0 Å². The third-order valence-electron chi connectivity index (χ3n) is 2.33. The molecule has 0 aliphatic carbocycles. The number of sulfone groups is 1. The molecule has 0 spiro atoms. The fraction of sp³-hybridized carbons (Fsp3) is 0.875. The standard InChI is InChI=1S/C8H15NO4S/c10-8(11)1-4-9-7-2-5-14(12,13)6-3-7/h7,9H,1-6H2,(H,10,11). The highest BCUT2D eigenvalue weighted by Gasteiger charge is 2.22. The van der Waals surface area contributed by atoms with Gasteiger partial charge in [-0.15, -0.1) is 0 Å². The molecule has 5 nitrogen and oxygen atoms in total. The van der Waals surface area contributed by atoms with Crippen molar-refractivity contribution in [3.05, 3.63) is 0 Å². The Morgan fingerprint density at radius 1 is 1.36 bits per heavy atom. The van der Waals surface area contributed by atoms with E-state index < -0.39 is 15.8 Å². The molecule has 6 heteroatoms. The van der Waals surface area contributed by atoms with Gasteiger partial charge < -0.3 is 10.4 Å². The molecule has 14 heavy (non-hydrogen) atoms. The number of carboxylic acid groups (broad SMARTS) is 1. The summed E-state index contributed by atoms with van der Waals surface area (Å²) in [6.07, 6.45) is 1.28. The number of hydrogen-bond donors (Lipinski definition) is 2. The van der Waals surface area contributed by atoms with Gasteiger partial charge in [0.1, 0.15) is 9.84 Å². The first-order valence-electron chi connectivity index (χ1n) is 4.65. The van der Waals surface area contributed by atoms with E-state index in [4.69, 9.17) is 5.11 Å². The molecule has 0 aromatic heterocycles. The van der Waals surface area contributed by atoms with E-state index in [0.717, 1.165) is 0 Å². The summed E-state index contributed by atoms with van der Waals surface area (Å²) in [4.78, 5) is 10.2. The highest BCUT2D eigenvalue weighted by Crippen LogP contribution is 2.11. The van der Waals surface area contributed by atoms with Gasteiger partial charge in [-0.3, -0.25) is 4.79 Å². The van der Waals surface area contributed by atoms with Gasteiger partial charge in [0.25, 0.3) is 0 Å². The predicted octanol–water partition coefficient (Wildman–Crippen LogP) is -0.372. The molecule has 0 aromatic rings. The van der Waals surface area contributed by atoms with Gasteiger partial charge in [-0.05, 0) is 12.8 Å². The Hall–Kier alpha value is -0.620. The minimum absolute atomic E-state index is 0.0866. The summed E-state index contributed by atoms with van der Waals surface area (Å²) in [5, 5.41) is 11.4. The largest absolute Gasteiger partial charge is 0.481 e. The van der Waals surface area contributed by atoms with Crippen LogP contribution < -0.4 is 5.32 Å². The fourth-order valence-electron chi connectivity index (χ4n) is 1.48. The third-order valence-corrected chi connectivity index (χ3v) is 4.04. The Morgan fingerprint density at radius 2 is 1.93 bits per heavy atom. The lowest BCUT2D eigenvalue weighted by molar-refractivity contribution is -0.136. The molecule has 1 saturated heterocycles. The van der Waals surface area contributed by atoms with Gasteiger partial charge in [0, 0.05) is 12.6 Å². The highest BCUT2D eigenvalue weighted by molar-refractivity contribution is 7.91. The Balaban J connectivity index is 2.19. The number of aliphatic carboxylic acids is 1. The number of hydrogen-bond acceptors (Lipinski definition) is 4. The van der Waals surface area contributed by atoms with E-state index in [1.54, 1.807) is 0 Å². The minimum Gasteiger partial charge on any atom is -0.481 e. The van der Waals surface area contributed by atoms with Crippen LogP contribution in [0.2, 0.25) is 0 Å². The Morgan fingerprint density at radius 3 is 2.43 bits per heavy atom. The molecule has 0 amide bonds. The van der Waals surface area contributed by atoms with E-state index in [1.165, 1.54) is 0 Å². The van der Waals surface area contributed by atoms with Crippen molar-refractivity contribution >= 4 is 15.8 Å². The second-order valence-electron chi connectivity index (χ2n) is 3.52. The molecule has 1 heterocycles. The third kappa shape index (κ3) is 4.06. The molecule has 0 bridgehead atoms. The summed E-state index contributed by atoms with van der Waals surface area (Å²) in [6.45, 7) is 0.417. The van der Waals surface area contributed by atoms with Crippen LogP contribution in [-0.2, 0) is 14.6 Å². The molecule has 1 fully saturated rings. The molecule has 1 rings (SSSR count). The van der Waals surface area contributed by atoms with Crippen LogP contribution in [0.15, 0.2) is 0 Å². The molecule has 0 saturated carbocycles. The van der Waals surface area contributed by atoms with Gasteiger partial charge in [-0.25, -0.2) is 8.42 Å². The van der Waals surface area contributed by atoms with Crippen molar-refractivity contribution in [2.45, 2.75) is 25.3 Å². The lowest BCUT2D eigenvalue weighted by Crippen LogP contribution is -2.38. The van der Waals surface area contributed by atoms with Crippen LogP contribution in [0.4, 0.5) is 0 Å². The monoisotopic (exact) mass is 221 g/mol. The Labute approximate surface area is 83.4 Å². The predicted molar refractivity (Wildman–Crippen MR) is 51.9 cm³/mol. The molecule has 2 N–H and O–H groups in total. The van der Waals surface area contributed by atoms with Gasteiger partial charge in [0.05, 0.1) is 17.9 Å². The summed E-state index contributed by atoms with van der Waals surface area (Å²) in [7, 11) is -2.81. The Bertz CT molecular complexity index is 284. The van der Waals surface area contributed by atoms with E-state index in [0.29, 0.717) is 19.4 Å². The molecule has 0 unspecified atom stereocenters. The zero-order chi connectivity index (χ0) is 10.6. The maximum absolute atomic E-state index is 11.1. The summed E-state index contributed by atoms with van der Waals surface area (Å²) >= 11 is 0. The molecular weight excluding hydrogens is 206 g/mol. The van der Waals surface area contributed by atoms with Crippen LogP contribution in [0.3, 0.4) is 0 Å². The highest BCUT2D eigenvalue weighted by atomic mass is 32.2. The summed E-state index contributed by atoms with van der Waals surface area (Å²) in [5.41, 5.74) is 0. The summed E-state index contributed by atoms with van der Waals surface area (Å²) in [6, 6.07) is 0.165. The molecule has 1 aliphatic heterocycles. The SMILES string of the molecule is O=C(O)CCNC1CCS(=O)(=O)CC1. The van der Waals surface area contributed by atoms with Crippen molar-refractivity contribution in [3.63, 3.8) is 0 Å². The zero-order valence-corrected chi connectivity index (χ0v) is 8.72. The normalized spacial score (nSPS) is 22.0. The van der Waals surface area contributed by atoms with Crippen molar-refractivity contribution in [2.24, 2.45) is 0 Å². The van der Waals surface area contributed by atoms with Crippen LogP contribution in [-0.4, -0.2) is 43.6 Å². The topological polar surface area (TPSA) is 83.5 Å². The maximum atomic E-state index is 11.1. The second-order valence-corrected chi connectivity index (χ2v) is 5.83. The van der Waals surface area contributed by atoms with E-state index in [2.05, 4.69) is 5.32 Å². The van der Waals surface area contributed by atoms with Crippen molar-refractivity contribution in [2.75, 3.05) is 18.1 Å². The van der Waals surface area contributed by atoms with Gasteiger partial charge in [0.15, 0.2) is 0 Å². The molecule has 0 atom stereocenters. The lowest BCUT2D eigenvalue weighted by atomic mass is 10.1. The Kier molecular flexibility index (Phi) is 3.88. The number of carboxylic acids is 1. The summed E-state index contributed by atoms with van der Waals surface area (Å²) in [5.74, 6) is -0.393. The minimum atomic E-state index is -2.81. The fourth-order valence-corrected chi connectivity index (χ4v) is 2.97. The average molecular weight is 221 g/mol. The molecular formula is C8H15NO4S. The first-order valence-corrected chi connectivity index (χ1v) is 6.47. The molecule has 0 aromatic carbocycles. The van der Waals surface area contributed by atoms with Crippen molar-refractivity contribution in [3.8, 4) is 0 Å². The molecule has 0 radical (unpaired) electrons. The lowest BCUT2D eigenvalue weighted by Gasteiger charge is -2.22. The van der Waals surface area contributed by atoms with Crippen molar-refractivity contribution in [1.82, 2.24) is 5.32 Å². The number of nitrogens with one attached hydrogen (secondary N) is 1. The summed E-state index contributed by atoms with van der Waals surface area (Å²) < 4.78 is 22.1. The second kappa shape index (κ2) is 4.75. The maximum Gasteiger partial charge on any atom is 0.304 e. The van der Waals surface area contributed by atoms with E-state index in [-0.39, 0.29) is 24.0 Å². The van der Waals surface area contributed by atoms with Crippen LogP contribution >= 0.6 is 0 Å². The van der Waals surface area contributed by atoms with Crippen LogP contribution in [0.1, 0.15) is 19.3 Å². The van der Waals surface area contributed by atoms with E-state index in [9.17, 15) is 13.2 Å². The van der Waals surface area contributed by atoms with E-state index in [1.807, 2.05) is 0 Å².